The zero-order valence-corrected chi connectivity index (χ0v) is 18.0. The average Bonchev–Trinajstić information content (AvgIpc) is 2.73. The van der Waals surface area contributed by atoms with Crippen molar-refractivity contribution in [1.82, 2.24) is 0 Å². The summed E-state index contributed by atoms with van der Waals surface area (Å²) in [5.74, 6) is 13.7. The van der Waals surface area contributed by atoms with Crippen LogP contribution in [0.4, 0.5) is 0 Å². The fourth-order valence-corrected chi connectivity index (χ4v) is 2.85. The van der Waals surface area contributed by atoms with Gasteiger partial charge in [-0.15, -0.1) is 11.8 Å². The highest BCUT2D eigenvalue weighted by Crippen LogP contribution is 2.12. The van der Waals surface area contributed by atoms with E-state index in [0.717, 1.165) is 38.0 Å². The summed E-state index contributed by atoms with van der Waals surface area (Å²) in [5, 5.41) is 0. The average molecular weight is 383 g/mol. The highest BCUT2D eigenvalue weighted by molar-refractivity contribution is 5.26. The predicted octanol–water partition coefficient (Wildman–Crippen LogP) is 6.92. The van der Waals surface area contributed by atoms with Crippen molar-refractivity contribution in [3.63, 3.8) is 0 Å². The van der Waals surface area contributed by atoms with E-state index in [1.807, 2.05) is 12.1 Å². The topological polar surface area (TPSA) is 18.5 Å². The van der Waals surface area contributed by atoms with Gasteiger partial charge in [0.1, 0.15) is 5.75 Å². The van der Waals surface area contributed by atoms with Crippen LogP contribution in [0.1, 0.15) is 89.5 Å². The van der Waals surface area contributed by atoms with Crippen LogP contribution >= 0.6 is 0 Å². The quantitative estimate of drug-likeness (QED) is 0.257. The first-order valence-corrected chi connectivity index (χ1v) is 11.0. The zero-order chi connectivity index (χ0) is 20.1. The molecular formula is C26H38O2. The molecule has 0 fully saturated rings. The molecule has 0 atom stereocenters. The molecule has 2 nitrogen and oxygen atoms in total. The number of hydrogen-bond acceptors (Lipinski definition) is 2. The second-order valence-electron chi connectivity index (χ2n) is 7.11. The number of rotatable bonds is 14. The van der Waals surface area contributed by atoms with Crippen LogP contribution in [0.3, 0.4) is 0 Å². The third-order valence-corrected chi connectivity index (χ3v) is 4.60. The zero-order valence-electron chi connectivity index (χ0n) is 18.0. The van der Waals surface area contributed by atoms with Gasteiger partial charge in [0.15, 0.2) is 0 Å². The van der Waals surface area contributed by atoms with Gasteiger partial charge in [-0.1, -0.05) is 69.4 Å². The molecule has 0 aromatic heterocycles. The Hall–Kier alpha value is -1.90. The molecule has 28 heavy (non-hydrogen) atoms. The van der Waals surface area contributed by atoms with Crippen LogP contribution in [0, 0.1) is 23.7 Å². The van der Waals surface area contributed by atoms with Gasteiger partial charge in [0.2, 0.25) is 0 Å². The first-order chi connectivity index (χ1) is 13.9. The van der Waals surface area contributed by atoms with Crippen molar-refractivity contribution in [2.45, 2.75) is 90.6 Å². The van der Waals surface area contributed by atoms with E-state index in [9.17, 15) is 0 Å². The summed E-state index contributed by atoms with van der Waals surface area (Å²) in [7, 11) is 1.68. The lowest BCUT2D eigenvalue weighted by molar-refractivity contribution is 0.116. The Labute approximate surface area is 173 Å². The van der Waals surface area contributed by atoms with Crippen molar-refractivity contribution < 1.29 is 9.47 Å². The lowest BCUT2D eigenvalue weighted by Gasteiger charge is -2.05. The van der Waals surface area contributed by atoms with Crippen LogP contribution in [-0.2, 0) is 11.3 Å². The second kappa shape index (κ2) is 18.5. The Morgan fingerprint density at radius 2 is 1.32 bits per heavy atom. The van der Waals surface area contributed by atoms with E-state index >= 15 is 0 Å². The molecule has 0 aliphatic heterocycles. The van der Waals surface area contributed by atoms with Crippen LogP contribution in [0.5, 0.6) is 5.75 Å². The Bertz CT molecular complexity index is 595. The summed E-state index contributed by atoms with van der Waals surface area (Å²) < 4.78 is 10.9. The fourth-order valence-electron chi connectivity index (χ4n) is 2.85. The second-order valence-corrected chi connectivity index (χ2v) is 7.11. The first kappa shape index (κ1) is 24.1. The molecular weight excluding hydrogens is 344 g/mol. The van der Waals surface area contributed by atoms with Crippen LogP contribution in [0.25, 0.3) is 0 Å². The molecule has 0 heterocycles. The van der Waals surface area contributed by atoms with Crippen molar-refractivity contribution in [2.75, 3.05) is 13.7 Å². The van der Waals surface area contributed by atoms with Crippen molar-refractivity contribution in [3.05, 3.63) is 29.8 Å². The molecule has 0 aliphatic rings. The maximum atomic E-state index is 5.74. The molecule has 0 spiro atoms. The number of unbranched alkanes of at least 4 members (excludes halogenated alkanes) is 9. The van der Waals surface area contributed by atoms with E-state index < -0.39 is 0 Å². The van der Waals surface area contributed by atoms with Gasteiger partial charge in [-0.3, -0.25) is 0 Å². The van der Waals surface area contributed by atoms with E-state index in [1.165, 1.54) is 56.9 Å². The van der Waals surface area contributed by atoms with Gasteiger partial charge in [0, 0.05) is 19.4 Å². The minimum Gasteiger partial charge on any atom is -0.497 e. The Balaban J connectivity index is 1.86. The molecule has 0 amide bonds. The standard InChI is InChI=1S/C26H38O2/c1-3-4-5-6-7-8-9-10-11-12-13-14-15-16-17-18-23-28-24-25-19-21-26(27-2)22-20-25/h19-22H,3-7,10,13-18,23-24H2,1-2H3. The number of ether oxygens (including phenoxy) is 2. The minimum absolute atomic E-state index is 0.682. The van der Waals surface area contributed by atoms with Gasteiger partial charge >= 0.3 is 0 Å². The first-order valence-electron chi connectivity index (χ1n) is 11.0. The molecule has 0 bridgehead atoms. The molecule has 0 unspecified atom stereocenters. The van der Waals surface area contributed by atoms with Gasteiger partial charge in [-0.25, -0.2) is 0 Å². The predicted molar refractivity (Wildman–Crippen MR) is 119 cm³/mol. The normalized spacial score (nSPS) is 9.93. The molecule has 2 heteroatoms. The van der Waals surface area contributed by atoms with Crippen LogP contribution in [0.15, 0.2) is 24.3 Å². The maximum Gasteiger partial charge on any atom is 0.118 e. The van der Waals surface area contributed by atoms with Crippen molar-refractivity contribution in [2.24, 2.45) is 0 Å². The van der Waals surface area contributed by atoms with Crippen LogP contribution in [0.2, 0.25) is 0 Å². The monoisotopic (exact) mass is 382 g/mol. The van der Waals surface area contributed by atoms with Crippen LogP contribution in [-0.4, -0.2) is 13.7 Å². The van der Waals surface area contributed by atoms with Gasteiger partial charge in [-0.05, 0) is 37.0 Å². The highest BCUT2D eigenvalue weighted by atomic mass is 16.5. The number of benzene rings is 1. The summed E-state index contributed by atoms with van der Waals surface area (Å²) in [6, 6.07) is 8.06. The third-order valence-electron chi connectivity index (χ3n) is 4.60. The highest BCUT2D eigenvalue weighted by Gasteiger charge is 1.95. The summed E-state index contributed by atoms with van der Waals surface area (Å²) in [5.41, 5.74) is 1.19. The molecule has 0 aliphatic carbocycles. The summed E-state index contributed by atoms with van der Waals surface area (Å²) >= 11 is 0. The third kappa shape index (κ3) is 14.2. The van der Waals surface area contributed by atoms with Crippen molar-refractivity contribution in [3.8, 4) is 29.4 Å². The molecule has 1 aromatic carbocycles. The lowest BCUT2D eigenvalue weighted by atomic mass is 10.1. The van der Waals surface area contributed by atoms with Crippen molar-refractivity contribution in [1.29, 1.82) is 0 Å². The Morgan fingerprint density at radius 1 is 0.714 bits per heavy atom. The number of hydrogen-bond donors (Lipinski definition) is 0. The summed E-state index contributed by atoms with van der Waals surface area (Å²) in [4.78, 5) is 0. The Morgan fingerprint density at radius 3 is 1.96 bits per heavy atom. The molecule has 0 saturated carbocycles. The summed E-state index contributed by atoms with van der Waals surface area (Å²) in [6.45, 7) is 3.76. The molecule has 1 rings (SSSR count). The van der Waals surface area contributed by atoms with Crippen molar-refractivity contribution >= 4 is 0 Å². The molecule has 154 valence electrons. The fraction of sp³-hybridized carbons (Fsp3) is 0.615. The van der Waals surface area contributed by atoms with Gasteiger partial charge in [0.25, 0.3) is 0 Å². The molecule has 0 saturated heterocycles. The van der Waals surface area contributed by atoms with E-state index in [1.54, 1.807) is 7.11 Å². The van der Waals surface area contributed by atoms with E-state index in [4.69, 9.17) is 9.47 Å². The minimum atomic E-state index is 0.682. The maximum absolute atomic E-state index is 5.74. The molecule has 0 radical (unpaired) electrons. The van der Waals surface area contributed by atoms with E-state index in [2.05, 4.69) is 42.7 Å². The Kier molecular flexibility index (Phi) is 15.9. The number of methoxy groups -OCH3 is 1. The van der Waals surface area contributed by atoms with Crippen LogP contribution < -0.4 is 4.74 Å². The van der Waals surface area contributed by atoms with Gasteiger partial charge in [-0.2, -0.15) is 0 Å². The van der Waals surface area contributed by atoms with E-state index in [0.29, 0.717) is 6.61 Å². The van der Waals surface area contributed by atoms with Gasteiger partial charge < -0.3 is 9.47 Å². The SMILES string of the molecule is CCCCCCC#CCC#CCCCCCCCOCc1ccc(OC)cc1. The molecule has 1 aromatic rings. The molecule has 0 N–H and O–H groups in total. The van der Waals surface area contributed by atoms with Gasteiger partial charge in [0.05, 0.1) is 20.1 Å². The van der Waals surface area contributed by atoms with E-state index in [-0.39, 0.29) is 0 Å². The smallest absolute Gasteiger partial charge is 0.118 e. The largest absolute Gasteiger partial charge is 0.497 e. The lowest BCUT2D eigenvalue weighted by Crippen LogP contribution is -1.95. The summed E-state index contributed by atoms with van der Waals surface area (Å²) in [6.07, 6.45) is 14.0.